The molecule has 32 heavy (non-hydrogen) atoms. The third-order valence-corrected chi connectivity index (χ3v) is 4.68. The predicted molar refractivity (Wildman–Crippen MR) is 121 cm³/mol. The number of benzene rings is 3. The van der Waals surface area contributed by atoms with Gasteiger partial charge in [-0.1, -0.05) is 23.7 Å². The van der Waals surface area contributed by atoms with Crippen LogP contribution in [0.5, 0.6) is 17.2 Å². The molecule has 0 unspecified atom stereocenters. The summed E-state index contributed by atoms with van der Waals surface area (Å²) in [4.78, 5) is 23.8. The smallest absolute Gasteiger partial charge is 0.343 e. The number of ether oxygens (including phenoxy) is 4. The molecule has 1 amide bonds. The zero-order valence-electron chi connectivity index (χ0n) is 17.6. The van der Waals surface area contributed by atoms with Gasteiger partial charge in [0.05, 0.1) is 14.2 Å². The largest absolute Gasteiger partial charge is 0.493 e. The predicted octanol–water partition coefficient (Wildman–Crippen LogP) is 4.73. The maximum Gasteiger partial charge on any atom is 0.343 e. The normalized spacial score (nSPS) is 10.2. The number of methoxy groups -OCH3 is 2. The van der Waals surface area contributed by atoms with Crippen molar-refractivity contribution in [2.75, 3.05) is 26.1 Å². The van der Waals surface area contributed by atoms with E-state index in [0.29, 0.717) is 40.1 Å². The van der Waals surface area contributed by atoms with Crippen molar-refractivity contribution >= 4 is 29.2 Å². The van der Waals surface area contributed by atoms with Gasteiger partial charge in [0.1, 0.15) is 12.4 Å². The fraction of sp³-hybridized carbons (Fsp3) is 0.167. The van der Waals surface area contributed by atoms with Crippen LogP contribution < -0.4 is 19.5 Å². The highest BCUT2D eigenvalue weighted by molar-refractivity contribution is 6.30. The summed E-state index contributed by atoms with van der Waals surface area (Å²) >= 11 is 5.90. The Morgan fingerprint density at radius 2 is 1.59 bits per heavy atom. The third-order valence-electron chi connectivity index (χ3n) is 4.43. The number of hydrogen-bond acceptors (Lipinski definition) is 6. The van der Waals surface area contributed by atoms with Crippen LogP contribution >= 0.6 is 11.6 Å². The minimum Gasteiger partial charge on any atom is -0.493 e. The Labute approximate surface area is 190 Å². The van der Waals surface area contributed by atoms with Gasteiger partial charge >= 0.3 is 5.97 Å². The van der Waals surface area contributed by atoms with Crippen LogP contribution in [0.2, 0.25) is 5.02 Å². The quantitative estimate of drug-likeness (QED) is 0.469. The lowest BCUT2D eigenvalue weighted by atomic mass is 10.1. The summed E-state index contributed by atoms with van der Waals surface area (Å²) in [7, 11) is 2.80. The number of hydrogen-bond donors (Lipinski definition) is 1. The molecule has 0 aliphatic carbocycles. The molecule has 3 aromatic rings. The molecule has 7 nitrogen and oxygen atoms in total. The van der Waals surface area contributed by atoms with Crippen LogP contribution in [0, 0.1) is 0 Å². The van der Waals surface area contributed by atoms with Crippen molar-refractivity contribution < 1.29 is 28.5 Å². The van der Waals surface area contributed by atoms with E-state index in [1.807, 2.05) is 12.1 Å². The third kappa shape index (κ3) is 6.39. The second-order valence-electron chi connectivity index (χ2n) is 6.62. The second kappa shape index (κ2) is 11.1. The van der Waals surface area contributed by atoms with Crippen molar-refractivity contribution in [2.24, 2.45) is 0 Å². The molecule has 0 heterocycles. The summed E-state index contributed by atoms with van der Waals surface area (Å²) in [6, 6.07) is 18.9. The molecule has 166 valence electrons. The lowest BCUT2D eigenvalue weighted by Crippen LogP contribution is -2.13. The van der Waals surface area contributed by atoms with Crippen molar-refractivity contribution in [3.63, 3.8) is 0 Å². The number of esters is 1. The number of rotatable bonds is 9. The monoisotopic (exact) mass is 455 g/mol. The molecule has 0 radical (unpaired) electrons. The average Bonchev–Trinajstić information content (AvgIpc) is 2.82. The van der Waals surface area contributed by atoms with Crippen LogP contribution in [-0.2, 0) is 16.1 Å². The molecule has 0 bridgehead atoms. The van der Waals surface area contributed by atoms with Crippen molar-refractivity contribution in [1.29, 1.82) is 0 Å². The van der Waals surface area contributed by atoms with E-state index in [1.54, 1.807) is 54.6 Å². The van der Waals surface area contributed by atoms with Gasteiger partial charge in [0.25, 0.3) is 5.91 Å². The summed E-state index contributed by atoms with van der Waals surface area (Å²) in [5, 5.41) is 3.46. The molecule has 0 spiro atoms. The Bertz CT molecular complexity index is 1070. The Balaban J connectivity index is 1.61. The number of halogens is 1. The number of amides is 1. The lowest BCUT2D eigenvalue weighted by molar-refractivity contribution is -0.142. The maximum absolute atomic E-state index is 12.6. The SMILES string of the molecule is COC(=O)COc1ccc(NC(=O)c2ccc(OCc3ccc(Cl)cc3)c(OC)c2)cc1. The first-order chi connectivity index (χ1) is 15.5. The highest BCUT2D eigenvalue weighted by atomic mass is 35.5. The first-order valence-corrected chi connectivity index (χ1v) is 10.0. The molecule has 0 atom stereocenters. The van der Waals surface area contributed by atoms with Crippen molar-refractivity contribution in [2.45, 2.75) is 6.61 Å². The summed E-state index contributed by atoms with van der Waals surface area (Å²) in [5.41, 5.74) is 1.94. The van der Waals surface area contributed by atoms with E-state index in [0.717, 1.165) is 5.56 Å². The zero-order valence-corrected chi connectivity index (χ0v) is 18.3. The van der Waals surface area contributed by atoms with Crippen molar-refractivity contribution in [3.8, 4) is 17.2 Å². The topological polar surface area (TPSA) is 83.1 Å². The number of nitrogens with one attached hydrogen (secondary N) is 1. The minimum atomic E-state index is -0.475. The molecule has 3 rings (SSSR count). The Kier molecular flexibility index (Phi) is 7.94. The van der Waals surface area contributed by atoms with E-state index in [9.17, 15) is 9.59 Å². The first kappa shape index (κ1) is 23.0. The Morgan fingerprint density at radius 1 is 0.875 bits per heavy atom. The van der Waals surface area contributed by atoms with Crippen LogP contribution in [0.3, 0.4) is 0 Å². The number of anilines is 1. The van der Waals surface area contributed by atoms with Crippen molar-refractivity contribution in [3.05, 3.63) is 82.9 Å². The van der Waals surface area contributed by atoms with E-state index >= 15 is 0 Å². The molecule has 0 aromatic heterocycles. The molecule has 0 saturated carbocycles. The molecule has 1 N–H and O–H groups in total. The fourth-order valence-corrected chi connectivity index (χ4v) is 2.83. The Hall–Kier alpha value is -3.71. The zero-order chi connectivity index (χ0) is 22.9. The van der Waals surface area contributed by atoms with Crippen molar-refractivity contribution in [1.82, 2.24) is 0 Å². The van der Waals surface area contributed by atoms with Gasteiger partial charge in [-0.15, -0.1) is 0 Å². The van der Waals surface area contributed by atoms with Crippen LogP contribution in [0.15, 0.2) is 66.7 Å². The molecule has 0 fully saturated rings. The lowest BCUT2D eigenvalue weighted by Gasteiger charge is -2.13. The number of carbonyl (C=O) groups excluding carboxylic acids is 2. The standard InChI is InChI=1S/C24H22ClNO6/c1-29-22-13-17(5-12-21(22)32-14-16-3-6-18(25)7-4-16)24(28)26-19-8-10-20(11-9-19)31-15-23(27)30-2/h3-13H,14-15H2,1-2H3,(H,26,28). The molecule has 0 aliphatic rings. The molecular weight excluding hydrogens is 434 g/mol. The summed E-state index contributed by atoms with van der Waals surface area (Å²) in [5.74, 6) is 0.661. The first-order valence-electron chi connectivity index (χ1n) is 9.65. The van der Waals surface area contributed by atoms with Crippen LogP contribution in [0.4, 0.5) is 5.69 Å². The van der Waals surface area contributed by atoms with Gasteiger partial charge in [-0.25, -0.2) is 4.79 Å². The van der Waals surface area contributed by atoms with Gasteiger partial charge in [0.15, 0.2) is 18.1 Å². The van der Waals surface area contributed by atoms with E-state index in [4.69, 9.17) is 25.8 Å². The minimum absolute atomic E-state index is 0.186. The summed E-state index contributed by atoms with van der Waals surface area (Å²) in [6.07, 6.45) is 0. The van der Waals surface area contributed by atoms with Gasteiger partial charge in [0, 0.05) is 16.3 Å². The van der Waals surface area contributed by atoms with Gasteiger partial charge in [-0.3, -0.25) is 4.79 Å². The number of carbonyl (C=O) groups is 2. The second-order valence-corrected chi connectivity index (χ2v) is 7.06. The highest BCUT2D eigenvalue weighted by Gasteiger charge is 2.12. The Morgan fingerprint density at radius 3 is 2.25 bits per heavy atom. The summed E-state index contributed by atoms with van der Waals surface area (Å²) in [6.45, 7) is 0.151. The molecule has 0 aliphatic heterocycles. The average molecular weight is 456 g/mol. The van der Waals surface area contributed by atoms with Crippen LogP contribution in [0.25, 0.3) is 0 Å². The molecule has 8 heteroatoms. The molecule has 0 saturated heterocycles. The van der Waals surface area contributed by atoms with E-state index in [2.05, 4.69) is 10.1 Å². The molecular formula is C24H22ClNO6. The van der Waals surface area contributed by atoms with E-state index in [1.165, 1.54) is 14.2 Å². The van der Waals surface area contributed by atoms with Crippen LogP contribution in [0.1, 0.15) is 15.9 Å². The summed E-state index contributed by atoms with van der Waals surface area (Å²) < 4.78 is 21.0. The maximum atomic E-state index is 12.6. The van der Waals surface area contributed by atoms with Gasteiger partial charge < -0.3 is 24.3 Å². The van der Waals surface area contributed by atoms with E-state index < -0.39 is 5.97 Å². The van der Waals surface area contributed by atoms with Gasteiger partial charge in [-0.2, -0.15) is 0 Å². The van der Waals surface area contributed by atoms with E-state index in [-0.39, 0.29) is 12.5 Å². The molecule has 3 aromatic carbocycles. The fourth-order valence-electron chi connectivity index (χ4n) is 2.71. The van der Waals surface area contributed by atoms with Gasteiger partial charge in [0.2, 0.25) is 0 Å². The van der Waals surface area contributed by atoms with Gasteiger partial charge in [-0.05, 0) is 60.2 Å². The highest BCUT2D eigenvalue weighted by Crippen LogP contribution is 2.29. The van der Waals surface area contributed by atoms with Crippen LogP contribution in [-0.4, -0.2) is 32.7 Å².